The molecule has 1 aliphatic heterocycles. The minimum absolute atomic E-state index is 0.0495. The molecule has 0 radical (unpaired) electrons. The van der Waals surface area contributed by atoms with Crippen LogP contribution in [0.2, 0.25) is 0 Å². The number of anilines is 1. The minimum Gasteiger partial charge on any atom is -0.362 e. The summed E-state index contributed by atoms with van der Waals surface area (Å²) in [6.07, 6.45) is 2.89. The molecule has 1 unspecified atom stereocenters. The summed E-state index contributed by atoms with van der Waals surface area (Å²) in [5.41, 5.74) is 0.673. The van der Waals surface area contributed by atoms with Gasteiger partial charge in [0.25, 0.3) is 0 Å². The Kier molecular flexibility index (Phi) is 3.58. The second-order valence-corrected chi connectivity index (χ2v) is 4.90. The van der Waals surface area contributed by atoms with Crippen LogP contribution in [0.15, 0.2) is 16.9 Å². The van der Waals surface area contributed by atoms with Crippen LogP contribution in [0.3, 0.4) is 0 Å². The highest BCUT2D eigenvalue weighted by molar-refractivity contribution is 9.10. The second kappa shape index (κ2) is 4.97. The zero-order valence-corrected chi connectivity index (χ0v) is 11.0. The van der Waals surface area contributed by atoms with Gasteiger partial charge in [0.1, 0.15) is 11.9 Å². The summed E-state index contributed by atoms with van der Waals surface area (Å²) in [6.45, 7) is 4.40. The van der Waals surface area contributed by atoms with Gasteiger partial charge in [-0.25, -0.2) is 0 Å². The first-order valence-corrected chi connectivity index (χ1v) is 6.15. The van der Waals surface area contributed by atoms with Crippen molar-refractivity contribution in [3.63, 3.8) is 0 Å². The lowest BCUT2D eigenvalue weighted by molar-refractivity contribution is -0.384. The smallest absolute Gasteiger partial charge is 0.311 e. The molecule has 1 fully saturated rings. The number of rotatable bonds is 2. The summed E-state index contributed by atoms with van der Waals surface area (Å²) >= 11 is 3.34. The maximum Gasteiger partial charge on any atom is 0.311 e. The summed E-state index contributed by atoms with van der Waals surface area (Å²) < 4.78 is 0.667. The van der Waals surface area contributed by atoms with Crippen molar-refractivity contribution in [2.45, 2.75) is 13.0 Å². The molecule has 6 nitrogen and oxygen atoms in total. The molecule has 1 saturated heterocycles. The van der Waals surface area contributed by atoms with Crippen molar-refractivity contribution < 1.29 is 4.92 Å². The molecular weight excluding hydrogens is 288 g/mol. The van der Waals surface area contributed by atoms with E-state index in [9.17, 15) is 10.1 Å². The van der Waals surface area contributed by atoms with E-state index in [4.69, 9.17) is 0 Å². The Hall–Kier alpha value is -1.21. The van der Waals surface area contributed by atoms with Crippen LogP contribution in [0.1, 0.15) is 6.92 Å². The first-order valence-electron chi connectivity index (χ1n) is 5.36. The topological polar surface area (TPSA) is 71.3 Å². The van der Waals surface area contributed by atoms with Crippen molar-refractivity contribution in [1.82, 2.24) is 10.3 Å². The monoisotopic (exact) mass is 300 g/mol. The van der Waals surface area contributed by atoms with Gasteiger partial charge in [0, 0.05) is 31.9 Å². The summed E-state index contributed by atoms with van der Waals surface area (Å²) in [5, 5.41) is 14.3. The van der Waals surface area contributed by atoms with E-state index in [2.05, 4.69) is 33.2 Å². The first kappa shape index (κ1) is 12.3. The van der Waals surface area contributed by atoms with Crippen LogP contribution in [0.25, 0.3) is 0 Å². The second-order valence-electron chi connectivity index (χ2n) is 4.05. The highest BCUT2D eigenvalue weighted by Crippen LogP contribution is 2.34. The summed E-state index contributed by atoms with van der Waals surface area (Å²) in [7, 11) is 0. The fraction of sp³-hybridized carbons (Fsp3) is 0.500. The minimum atomic E-state index is -0.389. The Labute approximate surface area is 107 Å². The number of nitro groups is 1. The van der Waals surface area contributed by atoms with Crippen molar-refractivity contribution in [3.05, 3.63) is 27.0 Å². The van der Waals surface area contributed by atoms with Crippen LogP contribution in [0.5, 0.6) is 0 Å². The molecule has 1 aliphatic rings. The number of hydrogen-bond donors (Lipinski definition) is 1. The highest BCUT2D eigenvalue weighted by Gasteiger charge is 2.26. The predicted octanol–water partition coefficient (Wildman–Crippen LogP) is 1.55. The molecule has 2 heterocycles. The Balaban J connectivity index is 2.39. The van der Waals surface area contributed by atoms with Crippen LogP contribution in [0, 0.1) is 10.1 Å². The molecule has 0 saturated carbocycles. The zero-order chi connectivity index (χ0) is 12.4. The molecule has 0 spiro atoms. The van der Waals surface area contributed by atoms with Crippen molar-refractivity contribution in [3.8, 4) is 0 Å². The molecule has 2 rings (SSSR count). The first-order chi connectivity index (χ1) is 8.09. The van der Waals surface area contributed by atoms with Gasteiger partial charge in [-0.1, -0.05) is 0 Å². The lowest BCUT2D eigenvalue weighted by atomic mass is 10.2. The fourth-order valence-corrected chi connectivity index (χ4v) is 2.57. The van der Waals surface area contributed by atoms with Gasteiger partial charge in [0.15, 0.2) is 0 Å². The van der Waals surface area contributed by atoms with Crippen LogP contribution in [-0.4, -0.2) is 35.6 Å². The molecule has 92 valence electrons. The highest BCUT2D eigenvalue weighted by atomic mass is 79.9. The SMILES string of the molecule is CC1CN(c2c(Br)cncc2[N+](=O)[O-])CCN1. The number of piperazine rings is 1. The lowest BCUT2D eigenvalue weighted by Gasteiger charge is -2.33. The van der Waals surface area contributed by atoms with E-state index in [1.807, 2.05) is 4.90 Å². The van der Waals surface area contributed by atoms with Crippen LogP contribution >= 0.6 is 15.9 Å². The van der Waals surface area contributed by atoms with Gasteiger partial charge in [0.05, 0.1) is 9.40 Å². The molecular formula is C10H13BrN4O2. The molecule has 1 atom stereocenters. The van der Waals surface area contributed by atoms with Crippen LogP contribution in [0.4, 0.5) is 11.4 Å². The summed E-state index contributed by atoms with van der Waals surface area (Å²) in [5.74, 6) is 0. The van der Waals surface area contributed by atoms with Crippen molar-refractivity contribution >= 4 is 27.3 Å². The standard InChI is InChI=1S/C10H13BrN4O2/c1-7-6-14(3-2-13-7)10-8(11)4-12-5-9(10)15(16)17/h4-5,7,13H,2-3,6H2,1H3. The van der Waals surface area contributed by atoms with Gasteiger partial charge in [-0.05, 0) is 22.9 Å². The maximum atomic E-state index is 11.0. The van der Waals surface area contributed by atoms with E-state index in [0.717, 1.165) is 19.6 Å². The number of aromatic nitrogens is 1. The summed E-state index contributed by atoms with van der Waals surface area (Å²) in [6, 6.07) is 0.323. The molecule has 0 amide bonds. The zero-order valence-electron chi connectivity index (χ0n) is 9.39. The van der Waals surface area contributed by atoms with E-state index in [0.29, 0.717) is 16.2 Å². The third kappa shape index (κ3) is 2.55. The van der Waals surface area contributed by atoms with E-state index in [1.165, 1.54) is 6.20 Å². The molecule has 17 heavy (non-hydrogen) atoms. The van der Waals surface area contributed by atoms with Crippen molar-refractivity contribution in [2.24, 2.45) is 0 Å². The Bertz CT molecular complexity index is 440. The molecule has 0 aliphatic carbocycles. The number of halogens is 1. The number of nitrogens with one attached hydrogen (secondary N) is 1. The van der Waals surface area contributed by atoms with Gasteiger partial charge in [-0.2, -0.15) is 0 Å². The Morgan fingerprint density at radius 2 is 2.41 bits per heavy atom. The Morgan fingerprint density at radius 1 is 1.65 bits per heavy atom. The fourth-order valence-electron chi connectivity index (χ4n) is 2.00. The van der Waals surface area contributed by atoms with Crippen LogP contribution in [-0.2, 0) is 0 Å². The van der Waals surface area contributed by atoms with E-state index >= 15 is 0 Å². The van der Waals surface area contributed by atoms with E-state index < -0.39 is 0 Å². The molecule has 0 aromatic carbocycles. The maximum absolute atomic E-state index is 11.0. The summed E-state index contributed by atoms with van der Waals surface area (Å²) in [4.78, 5) is 16.5. The average Bonchev–Trinajstić information content (AvgIpc) is 2.28. The van der Waals surface area contributed by atoms with Crippen LogP contribution < -0.4 is 10.2 Å². The van der Waals surface area contributed by atoms with Gasteiger partial charge in [-0.3, -0.25) is 15.1 Å². The van der Waals surface area contributed by atoms with E-state index in [1.54, 1.807) is 6.20 Å². The lowest BCUT2D eigenvalue weighted by Crippen LogP contribution is -2.49. The Morgan fingerprint density at radius 3 is 3.06 bits per heavy atom. The van der Waals surface area contributed by atoms with E-state index in [-0.39, 0.29) is 10.6 Å². The van der Waals surface area contributed by atoms with Crippen molar-refractivity contribution in [2.75, 3.05) is 24.5 Å². The normalized spacial score (nSPS) is 20.4. The number of pyridine rings is 1. The molecule has 1 N–H and O–H groups in total. The van der Waals surface area contributed by atoms with Gasteiger partial charge < -0.3 is 10.2 Å². The molecule has 0 bridgehead atoms. The molecule has 7 heteroatoms. The predicted molar refractivity (Wildman–Crippen MR) is 68.3 cm³/mol. The van der Waals surface area contributed by atoms with Crippen molar-refractivity contribution in [1.29, 1.82) is 0 Å². The molecule has 1 aromatic heterocycles. The van der Waals surface area contributed by atoms with Gasteiger partial charge in [-0.15, -0.1) is 0 Å². The third-order valence-corrected chi connectivity index (χ3v) is 3.32. The van der Waals surface area contributed by atoms with Gasteiger partial charge >= 0.3 is 5.69 Å². The quantitative estimate of drug-likeness (QED) is 0.663. The molecule has 1 aromatic rings. The largest absolute Gasteiger partial charge is 0.362 e. The number of nitrogens with zero attached hydrogens (tertiary/aromatic N) is 3. The number of hydrogen-bond acceptors (Lipinski definition) is 5. The third-order valence-electron chi connectivity index (χ3n) is 2.74. The average molecular weight is 301 g/mol. The van der Waals surface area contributed by atoms with Gasteiger partial charge in [0.2, 0.25) is 0 Å².